The molecule has 1 aliphatic carbocycles. The first kappa shape index (κ1) is 18.8. The van der Waals surface area contributed by atoms with Crippen LogP contribution in [-0.4, -0.2) is 32.5 Å². The number of hydrogen-bond acceptors (Lipinski definition) is 6. The summed E-state index contributed by atoms with van der Waals surface area (Å²) in [5.41, 5.74) is 1.49. The first-order valence-corrected chi connectivity index (χ1v) is 10.4. The molecule has 0 atom stereocenters. The van der Waals surface area contributed by atoms with E-state index in [0.717, 1.165) is 40.5 Å². The van der Waals surface area contributed by atoms with E-state index in [2.05, 4.69) is 15.4 Å². The van der Waals surface area contributed by atoms with E-state index in [1.54, 1.807) is 6.07 Å². The van der Waals surface area contributed by atoms with Crippen LogP contribution in [0.1, 0.15) is 32.1 Å². The summed E-state index contributed by atoms with van der Waals surface area (Å²) in [5.74, 6) is 0. The Hall–Kier alpha value is -2.51. The van der Waals surface area contributed by atoms with E-state index in [0.29, 0.717) is 18.5 Å². The first-order valence-electron chi connectivity index (χ1n) is 9.63. The molecule has 2 aromatic heterocycles. The van der Waals surface area contributed by atoms with Gasteiger partial charge in [0.25, 0.3) is 5.56 Å². The number of aromatic nitrogens is 3. The van der Waals surface area contributed by atoms with E-state index in [1.807, 2.05) is 37.4 Å². The lowest BCUT2D eigenvalue weighted by Crippen LogP contribution is -2.40. The number of rotatable bonds is 5. The normalized spacial score (nSPS) is 16.1. The summed E-state index contributed by atoms with van der Waals surface area (Å²) in [7, 11) is 1.84. The molecule has 1 saturated carbocycles. The number of nitrogens with zero attached hydrogens (tertiary/aromatic N) is 3. The van der Waals surface area contributed by atoms with Crippen molar-refractivity contribution >= 4 is 16.5 Å². The summed E-state index contributed by atoms with van der Waals surface area (Å²) in [6, 6.07) is 13.2. The Morgan fingerprint density at radius 2 is 1.89 bits per heavy atom. The minimum absolute atomic E-state index is 0.192. The summed E-state index contributed by atoms with van der Waals surface area (Å²) < 4.78 is 1.41. The summed E-state index contributed by atoms with van der Waals surface area (Å²) in [6.07, 6.45) is 4.54. The van der Waals surface area contributed by atoms with E-state index in [1.165, 1.54) is 22.1 Å². The zero-order valence-corrected chi connectivity index (χ0v) is 16.7. The number of nitrogens with one attached hydrogen (secondary N) is 1. The van der Waals surface area contributed by atoms with Crippen molar-refractivity contribution in [1.29, 1.82) is 0 Å². The highest BCUT2D eigenvalue weighted by atomic mass is 32.1. The monoisotopic (exact) mass is 396 g/mol. The van der Waals surface area contributed by atoms with Gasteiger partial charge in [-0.2, -0.15) is 5.10 Å². The van der Waals surface area contributed by atoms with E-state index in [4.69, 9.17) is 0 Å². The van der Waals surface area contributed by atoms with Crippen molar-refractivity contribution in [3.05, 3.63) is 52.8 Å². The summed E-state index contributed by atoms with van der Waals surface area (Å²) in [6.45, 7) is 0.234. The van der Waals surface area contributed by atoms with E-state index >= 15 is 0 Å². The number of aliphatic hydroxyl groups is 1. The van der Waals surface area contributed by atoms with Crippen LogP contribution < -0.4 is 10.9 Å². The predicted octanol–water partition coefficient (Wildman–Crippen LogP) is 3.77. The molecule has 4 rings (SSSR count). The van der Waals surface area contributed by atoms with Crippen LogP contribution in [-0.2, 0) is 6.54 Å². The third kappa shape index (κ3) is 3.86. The Bertz CT molecular complexity index is 1010. The molecular formula is C21H24N4O2S. The van der Waals surface area contributed by atoms with E-state index in [-0.39, 0.29) is 12.1 Å². The van der Waals surface area contributed by atoms with Gasteiger partial charge >= 0.3 is 0 Å². The van der Waals surface area contributed by atoms with Gasteiger partial charge < -0.3 is 10.4 Å². The second-order valence-corrected chi connectivity index (χ2v) is 8.31. The molecule has 0 spiro atoms. The van der Waals surface area contributed by atoms with Crippen molar-refractivity contribution < 1.29 is 5.11 Å². The molecule has 1 fully saturated rings. The molecular weight excluding hydrogens is 372 g/mol. The molecule has 146 valence electrons. The Kier molecular flexibility index (Phi) is 5.28. The van der Waals surface area contributed by atoms with Gasteiger partial charge in [0.1, 0.15) is 5.69 Å². The summed E-state index contributed by atoms with van der Waals surface area (Å²) in [4.78, 5) is 18.0. The van der Waals surface area contributed by atoms with Gasteiger partial charge in [0.05, 0.1) is 22.7 Å². The van der Waals surface area contributed by atoms with Crippen molar-refractivity contribution in [1.82, 2.24) is 14.8 Å². The maximum Gasteiger partial charge on any atom is 0.266 e. The Labute approximate surface area is 167 Å². The van der Waals surface area contributed by atoms with Gasteiger partial charge in [-0.25, -0.2) is 9.67 Å². The maximum absolute atomic E-state index is 12.4. The summed E-state index contributed by atoms with van der Waals surface area (Å²) >= 11 is 1.50. The van der Waals surface area contributed by atoms with Crippen LogP contribution in [0.4, 0.5) is 5.13 Å². The highest BCUT2D eigenvalue weighted by Crippen LogP contribution is 2.37. The van der Waals surface area contributed by atoms with Gasteiger partial charge in [-0.1, -0.05) is 60.9 Å². The van der Waals surface area contributed by atoms with Gasteiger partial charge in [0.15, 0.2) is 5.13 Å². The minimum atomic E-state index is -0.847. The number of thiazole rings is 1. The lowest BCUT2D eigenvalue weighted by Gasteiger charge is -2.31. The van der Waals surface area contributed by atoms with E-state index < -0.39 is 5.60 Å². The minimum Gasteiger partial charge on any atom is -0.388 e. The fraction of sp³-hybridized carbons (Fsp3) is 0.381. The summed E-state index contributed by atoms with van der Waals surface area (Å²) in [5, 5.41) is 19.4. The second-order valence-electron chi connectivity index (χ2n) is 7.31. The lowest BCUT2D eigenvalue weighted by molar-refractivity contribution is -0.0153. The van der Waals surface area contributed by atoms with Crippen LogP contribution in [0.25, 0.3) is 21.8 Å². The van der Waals surface area contributed by atoms with E-state index in [9.17, 15) is 9.90 Å². The number of benzene rings is 1. The van der Waals surface area contributed by atoms with Crippen molar-refractivity contribution in [2.24, 2.45) is 0 Å². The maximum atomic E-state index is 12.4. The van der Waals surface area contributed by atoms with Crippen LogP contribution in [0.15, 0.2) is 47.3 Å². The average molecular weight is 397 g/mol. The predicted molar refractivity (Wildman–Crippen MR) is 113 cm³/mol. The largest absolute Gasteiger partial charge is 0.388 e. The smallest absolute Gasteiger partial charge is 0.266 e. The SMILES string of the molecule is CNc1nc(-c2ccccc2)c(-c2ccc(=O)n(CC3(O)CCCCC3)n2)s1. The van der Waals surface area contributed by atoms with Crippen LogP contribution in [0, 0.1) is 0 Å². The zero-order chi connectivity index (χ0) is 19.6. The molecule has 0 unspecified atom stereocenters. The van der Waals surface area contributed by atoms with Gasteiger partial charge in [0, 0.05) is 18.7 Å². The molecule has 0 radical (unpaired) electrons. The standard InChI is InChI=1S/C21H24N4O2S/c1-22-20-23-18(15-8-4-2-5-9-15)19(28-20)16-10-11-17(26)25(24-16)14-21(27)12-6-3-7-13-21/h2,4-5,8-11,27H,3,6-7,12-14H2,1H3,(H,22,23). The van der Waals surface area contributed by atoms with Gasteiger partial charge in [0.2, 0.25) is 0 Å². The quantitative estimate of drug-likeness (QED) is 0.686. The van der Waals surface area contributed by atoms with Crippen LogP contribution in [0.3, 0.4) is 0 Å². The molecule has 0 amide bonds. The van der Waals surface area contributed by atoms with Crippen molar-refractivity contribution in [2.75, 3.05) is 12.4 Å². The molecule has 7 heteroatoms. The molecule has 2 N–H and O–H groups in total. The molecule has 0 bridgehead atoms. The Morgan fingerprint density at radius 1 is 1.14 bits per heavy atom. The van der Waals surface area contributed by atoms with Crippen LogP contribution in [0.5, 0.6) is 0 Å². The fourth-order valence-corrected chi connectivity index (χ4v) is 4.63. The van der Waals surface area contributed by atoms with Crippen molar-refractivity contribution in [2.45, 2.75) is 44.2 Å². The van der Waals surface area contributed by atoms with Gasteiger partial charge in [-0.15, -0.1) is 0 Å². The molecule has 6 nitrogen and oxygen atoms in total. The number of anilines is 1. The van der Waals surface area contributed by atoms with Gasteiger partial charge in [-0.3, -0.25) is 4.79 Å². The third-order valence-electron chi connectivity index (χ3n) is 5.22. The lowest BCUT2D eigenvalue weighted by atomic mass is 9.85. The van der Waals surface area contributed by atoms with Crippen LogP contribution >= 0.6 is 11.3 Å². The third-order valence-corrected chi connectivity index (χ3v) is 6.31. The fourth-order valence-electron chi connectivity index (χ4n) is 3.72. The zero-order valence-electron chi connectivity index (χ0n) is 15.9. The molecule has 3 aromatic rings. The van der Waals surface area contributed by atoms with Crippen LogP contribution in [0.2, 0.25) is 0 Å². The van der Waals surface area contributed by atoms with Gasteiger partial charge in [-0.05, 0) is 18.9 Å². The van der Waals surface area contributed by atoms with Crippen molar-refractivity contribution in [3.8, 4) is 21.8 Å². The van der Waals surface area contributed by atoms with Crippen molar-refractivity contribution in [3.63, 3.8) is 0 Å². The average Bonchev–Trinajstić information content (AvgIpc) is 3.15. The Balaban J connectivity index is 1.74. The Morgan fingerprint density at radius 3 is 2.61 bits per heavy atom. The highest BCUT2D eigenvalue weighted by Gasteiger charge is 2.30. The second kappa shape index (κ2) is 7.85. The number of hydrogen-bond donors (Lipinski definition) is 2. The topological polar surface area (TPSA) is 80.0 Å². The molecule has 0 saturated heterocycles. The molecule has 28 heavy (non-hydrogen) atoms. The molecule has 1 aromatic carbocycles. The molecule has 1 aliphatic rings. The first-order chi connectivity index (χ1) is 13.6. The molecule has 2 heterocycles. The highest BCUT2D eigenvalue weighted by molar-refractivity contribution is 7.19. The molecule has 0 aliphatic heterocycles.